The van der Waals surface area contributed by atoms with Crippen molar-refractivity contribution in [3.63, 3.8) is 0 Å². The standard InChI is InChI=1S/C13H10BrN5O/c1-7-10(18-19-11(7)14)13(20)17-9-5-4-8-3-2-6-15-12(8)16-9/h2-6H,1H3,(H,18,19)(H,15,16,17,20). The summed E-state index contributed by atoms with van der Waals surface area (Å²) in [5.74, 6) is 0.131. The molecule has 3 rings (SSSR count). The second kappa shape index (κ2) is 5.01. The number of halogens is 1. The van der Waals surface area contributed by atoms with Gasteiger partial charge in [-0.05, 0) is 47.1 Å². The lowest BCUT2D eigenvalue weighted by Crippen LogP contribution is -2.14. The van der Waals surface area contributed by atoms with Gasteiger partial charge in [-0.1, -0.05) is 0 Å². The number of hydrogen-bond donors (Lipinski definition) is 2. The molecule has 2 N–H and O–H groups in total. The van der Waals surface area contributed by atoms with Crippen LogP contribution in [0.25, 0.3) is 11.0 Å². The molecule has 0 saturated carbocycles. The molecule has 0 aliphatic rings. The van der Waals surface area contributed by atoms with E-state index in [1.54, 1.807) is 19.2 Å². The highest BCUT2D eigenvalue weighted by Crippen LogP contribution is 2.17. The molecule has 0 aliphatic heterocycles. The van der Waals surface area contributed by atoms with Crippen molar-refractivity contribution >= 4 is 38.7 Å². The molecule has 6 nitrogen and oxygen atoms in total. The number of rotatable bonds is 2. The van der Waals surface area contributed by atoms with Gasteiger partial charge in [0, 0.05) is 17.1 Å². The maximum absolute atomic E-state index is 12.1. The third-order valence-electron chi connectivity index (χ3n) is 2.87. The summed E-state index contributed by atoms with van der Waals surface area (Å²) in [6, 6.07) is 7.35. The van der Waals surface area contributed by atoms with Gasteiger partial charge in [0.15, 0.2) is 11.3 Å². The van der Waals surface area contributed by atoms with Crippen molar-refractivity contribution in [2.75, 3.05) is 5.32 Å². The van der Waals surface area contributed by atoms with Crippen LogP contribution >= 0.6 is 15.9 Å². The minimum atomic E-state index is -0.313. The molecule has 3 heterocycles. The van der Waals surface area contributed by atoms with Gasteiger partial charge in [0.2, 0.25) is 0 Å². The topological polar surface area (TPSA) is 83.6 Å². The first kappa shape index (κ1) is 12.7. The number of pyridine rings is 2. The predicted molar refractivity (Wildman–Crippen MR) is 78.5 cm³/mol. The fourth-order valence-corrected chi connectivity index (χ4v) is 2.07. The maximum atomic E-state index is 12.1. The fourth-order valence-electron chi connectivity index (χ4n) is 1.80. The summed E-state index contributed by atoms with van der Waals surface area (Å²) >= 11 is 3.28. The van der Waals surface area contributed by atoms with Crippen LogP contribution in [0.1, 0.15) is 16.1 Å². The quantitative estimate of drug-likeness (QED) is 0.756. The second-order valence-corrected chi connectivity index (χ2v) is 5.00. The third kappa shape index (κ3) is 2.27. The minimum absolute atomic E-state index is 0.313. The van der Waals surface area contributed by atoms with Crippen LogP contribution in [0.3, 0.4) is 0 Å². The fraction of sp³-hybridized carbons (Fsp3) is 0.0769. The van der Waals surface area contributed by atoms with Gasteiger partial charge in [-0.25, -0.2) is 9.97 Å². The van der Waals surface area contributed by atoms with Crippen LogP contribution in [0.2, 0.25) is 0 Å². The molecule has 0 aromatic carbocycles. The molecule has 0 saturated heterocycles. The van der Waals surface area contributed by atoms with Crippen LogP contribution in [0.15, 0.2) is 35.1 Å². The highest BCUT2D eigenvalue weighted by atomic mass is 79.9. The SMILES string of the molecule is Cc1c(C(=O)Nc2ccc3cccnc3n2)n[nH]c1Br. The first-order valence-corrected chi connectivity index (χ1v) is 6.68. The lowest BCUT2D eigenvalue weighted by molar-refractivity contribution is 0.102. The number of carbonyl (C=O) groups excluding carboxylic acids is 1. The van der Waals surface area contributed by atoms with Crippen molar-refractivity contribution in [2.24, 2.45) is 0 Å². The van der Waals surface area contributed by atoms with Gasteiger partial charge in [-0.15, -0.1) is 0 Å². The number of nitrogens with one attached hydrogen (secondary N) is 2. The Morgan fingerprint density at radius 3 is 2.95 bits per heavy atom. The Kier molecular flexibility index (Phi) is 3.19. The number of nitrogens with zero attached hydrogens (tertiary/aromatic N) is 3. The molecule has 7 heteroatoms. The summed E-state index contributed by atoms with van der Waals surface area (Å²) in [5.41, 5.74) is 1.67. The lowest BCUT2D eigenvalue weighted by atomic mass is 10.2. The lowest BCUT2D eigenvalue weighted by Gasteiger charge is -2.04. The first-order valence-electron chi connectivity index (χ1n) is 5.89. The van der Waals surface area contributed by atoms with Crippen molar-refractivity contribution in [1.29, 1.82) is 0 Å². The molecule has 100 valence electrons. The van der Waals surface area contributed by atoms with Crippen molar-refractivity contribution in [1.82, 2.24) is 20.2 Å². The smallest absolute Gasteiger partial charge is 0.277 e. The number of H-pyrrole nitrogens is 1. The zero-order valence-electron chi connectivity index (χ0n) is 10.5. The summed E-state index contributed by atoms with van der Waals surface area (Å²) in [6.45, 7) is 1.80. The van der Waals surface area contributed by atoms with E-state index in [-0.39, 0.29) is 5.91 Å². The number of aromatic amines is 1. The monoisotopic (exact) mass is 331 g/mol. The highest BCUT2D eigenvalue weighted by molar-refractivity contribution is 9.10. The number of fused-ring (bicyclic) bond motifs is 1. The van der Waals surface area contributed by atoms with E-state index in [9.17, 15) is 4.79 Å². The average molecular weight is 332 g/mol. The molecule has 0 bridgehead atoms. The van der Waals surface area contributed by atoms with Crippen LogP contribution in [0, 0.1) is 6.92 Å². The predicted octanol–water partition coefficient (Wildman–Crippen LogP) is 2.68. The molecular weight excluding hydrogens is 322 g/mol. The summed E-state index contributed by atoms with van der Waals surface area (Å²) in [4.78, 5) is 20.5. The number of hydrogen-bond acceptors (Lipinski definition) is 4. The largest absolute Gasteiger partial charge is 0.305 e. The van der Waals surface area contributed by atoms with E-state index >= 15 is 0 Å². The normalized spacial score (nSPS) is 10.7. The molecular formula is C13H10BrN5O. The van der Waals surface area contributed by atoms with E-state index < -0.39 is 0 Å². The molecule has 0 atom stereocenters. The van der Waals surface area contributed by atoms with Gasteiger partial charge in [0.1, 0.15) is 10.4 Å². The number of aromatic nitrogens is 4. The highest BCUT2D eigenvalue weighted by Gasteiger charge is 2.15. The summed E-state index contributed by atoms with van der Waals surface area (Å²) in [7, 11) is 0. The first-order chi connectivity index (χ1) is 9.65. The number of anilines is 1. The molecule has 0 radical (unpaired) electrons. The van der Waals surface area contributed by atoms with Crippen LogP contribution in [-0.2, 0) is 0 Å². The van der Waals surface area contributed by atoms with Crippen LogP contribution in [0.5, 0.6) is 0 Å². The van der Waals surface area contributed by atoms with Gasteiger partial charge >= 0.3 is 0 Å². The van der Waals surface area contributed by atoms with E-state index in [0.717, 1.165) is 10.9 Å². The summed E-state index contributed by atoms with van der Waals surface area (Å²) < 4.78 is 0.691. The number of amides is 1. The van der Waals surface area contributed by atoms with Crippen LogP contribution in [-0.4, -0.2) is 26.1 Å². The Labute approximate surface area is 122 Å². The van der Waals surface area contributed by atoms with E-state index in [4.69, 9.17) is 0 Å². The van der Waals surface area contributed by atoms with Crippen molar-refractivity contribution in [3.05, 3.63) is 46.3 Å². The van der Waals surface area contributed by atoms with Crippen molar-refractivity contribution in [3.8, 4) is 0 Å². The zero-order valence-corrected chi connectivity index (χ0v) is 12.1. The second-order valence-electron chi connectivity index (χ2n) is 4.21. The van der Waals surface area contributed by atoms with Crippen molar-refractivity contribution < 1.29 is 4.79 Å². The zero-order chi connectivity index (χ0) is 14.1. The van der Waals surface area contributed by atoms with Gasteiger partial charge in [-0.2, -0.15) is 5.10 Å². The molecule has 20 heavy (non-hydrogen) atoms. The van der Waals surface area contributed by atoms with E-state index in [0.29, 0.717) is 21.8 Å². The van der Waals surface area contributed by atoms with Gasteiger partial charge in [0.25, 0.3) is 5.91 Å². The molecule has 0 unspecified atom stereocenters. The molecule has 0 aliphatic carbocycles. The Morgan fingerprint density at radius 2 is 2.20 bits per heavy atom. The van der Waals surface area contributed by atoms with E-state index in [1.807, 2.05) is 18.2 Å². The molecule has 3 aromatic rings. The van der Waals surface area contributed by atoms with E-state index in [1.165, 1.54) is 0 Å². The third-order valence-corrected chi connectivity index (χ3v) is 3.64. The van der Waals surface area contributed by atoms with Crippen molar-refractivity contribution in [2.45, 2.75) is 6.92 Å². The molecule has 0 fully saturated rings. The van der Waals surface area contributed by atoms with Gasteiger partial charge in [-0.3, -0.25) is 9.89 Å². The van der Waals surface area contributed by atoms with E-state index in [2.05, 4.69) is 41.4 Å². The average Bonchev–Trinajstić information content (AvgIpc) is 2.79. The molecule has 3 aromatic heterocycles. The van der Waals surface area contributed by atoms with Crippen LogP contribution in [0.4, 0.5) is 5.82 Å². The summed E-state index contributed by atoms with van der Waals surface area (Å²) in [6.07, 6.45) is 1.66. The molecule has 1 amide bonds. The molecule has 0 spiro atoms. The Morgan fingerprint density at radius 1 is 1.35 bits per heavy atom. The van der Waals surface area contributed by atoms with Gasteiger partial charge in [0.05, 0.1) is 0 Å². The summed E-state index contributed by atoms with van der Waals surface area (Å²) in [5, 5.41) is 10.3. The maximum Gasteiger partial charge on any atom is 0.277 e. The van der Waals surface area contributed by atoms with Crippen LogP contribution < -0.4 is 5.32 Å². The Balaban J connectivity index is 1.89. The Hall–Kier alpha value is -2.28. The Bertz CT molecular complexity index is 798. The van der Waals surface area contributed by atoms with Gasteiger partial charge < -0.3 is 5.32 Å². The number of carbonyl (C=O) groups is 1. The minimum Gasteiger partial charge on any atom is -0.305 e.